The van der Waals surface area contributed by atoms with Gasteiger partial charge in [-0.1, -0.05) is 26.0 Å². The molecule has 8 nitrogen and oxygen atoms in total. The van der Waals surface area contributed by atoms with Gasteiger partial charge in [0.15, 0.2) is 9.84 Å². The molecule has 0 bridgehead atoms. The van der Waals surface area contributed by atoms with Crippen molar-refractivity contribution >= 4 is 21.7 Å². The molecule has 1 aliphatic heterocycles. The molecule has 1 saturated heterocycles. The van der Waals surface area contributed by atoms with Crippen LogP contribution in [0.4, 0.5) is 4.39 Å². The summed E-state index contributed by atoms with van der Waals surface area (Å²) < 4.78 is 45.0. The van der Waals surface area contributed by atoms with Crippen LogP contribution in [0.25, 0.3) is 0 Å². The van der Waals surface area contributed by atoms with Crippen molar-refractivity contribution < 1.29 is 27.1 Å². The van der Waals surface area contributed by atoms with Gasteiger partial charge in [-0.25, -0.2) is 12.8 Å². The van der Waals surface area contributed by atoms with Crippen molar-refractivity contribution in [1.82, 2.24) is 15.1 Å². The fourth-order valence-electron chi connectivity index (χ4n) is 5.60. The average Bonchev–Trinajstić information content (AvgIpc) is 3.63. The van der Waals surface area contributed by atoms with Crippen LogP contribution < -0.4 is 10.1 Å². The molecule has 2 aromatic carbocycles. The number of hydrogen-bond donors (Lipinski definition) is 1. The number of nitrogens with zero attached hydrogens (tertiary/aromatic N) is 2. The predicted molar refractivity (Wildman–Crippen MR) is 153 cm³/mol. The number of carbonyl (C=O) groups is 2. The summed E-state index contributed by atoms with van der Waals surface area (Å²) in [6.07, 6.45) is 2.23. The first-order chi connectivity index (χ1) is 19.0. The van der Waals surface area contributed by atoms with Gasteiger partial charge in [-0.15, -0.1) is 0 Å². The largest absolute Gasteiger partial charge is 0.497 e. The smallest absolute Gasteiger partial charge is 0.251 e. The van der Waals surface area contributed by atoms with Crippen molar-refractivity contribution in [2.45, 2.75) is 45.1 Å². The Morgan fingerprint density at radius 2 is 1.73 bits per heavy atom. The van der Waals surface area contributed by atoms with E-state index in [4.69, 9.17) is 4.74 Å². The summed E-state index contributed by atoms with van der Waals surface area (Å²) >= 11 is 0. The Hall–Kier alpha value is -2.98. The Kier molecular flexibility index (Phi) is 9.51. The molecule has 2 aromatic rings. The first kappa shape index (κ1) is 30.0. The van der Waals surface area contributed by atoms with Crippen LogP contribution in [0.2, 0.25) is 0 Å². The summed E-state index contributed by atoms with van der Waals surface area (Å²) in [6.45, 7) is 7.45. The van der Waals surface area contributed by atoms with Gasteiger partial charge in [0.25, 0.3) is 5.91 Å². The number of rotatable bonds is 12. The van der Waals surface area contributed by atoms with E-state index in [0.717, 1.165) is 37.3 Å². The fourth-order valence-corrected chi connectivity index (χ4v) is 7.08. The number of ether oxygens (including phenoxy) is 1. The van der Waals surface area contributed by atoms with Gasteiger partial charge in [0.2, 0.25) is 5.91 Å². The normalized spacial score (nSPS) is 22.0. The van der Waals surface area contributed by atoms with Gasteiger partial charge in [0, 0.05) is 31.7 Å². The Morgan fingerprint density at radius 3 is 2.33 bits per heavy atom. The zero-order valence-electron chi connectivity index (χ0n) is 23.6. The molecule has 218 valence electrons. The highest BCUT2D eigenvalue weighted by Crippen LogP contribution is 2.61. The van der Waals surface area contributed by atoms with E-state index in [1.165, 1.54) is 17.7 Å². The van der Waals surface area contributed by atoms with Crippen molar-refractivity contribution in [1.29, 1.82) is 0 Å². The molecule has 1 aliphatic carbocycles. The van der Waals surface area contributed by atoms with Gasteiger partial charge < -0.3 is 19.9 Å². The van der Waals surface area contributed by atoms with Crippen molar-refractivity contribution in [3.8, 4) is 5.75 Å². The van der Waals surface area contributed by atoms with Crippen LogP contribution >= 0.6 is 0 Å². The maximum Gasteiger partial charge on any atom is 0.251 e. The molecule has 1 N–H and O–H groups in total. The van der Waals surface area contributed by atoms with Gasteiger partial charge in [0.05, 0.1) is 18.6 Å². The number of hydrogen-bond acceptors (Lipinski definition) is 6. The van der Waals surface area contributed by atoms with Crippen molar-refractivity contribution in [3.05, 3.63) is 65.5 Å². The summed E-state index contributed by atoms with van der Waals surface area (Å²) in [4.78, 5) is 30.2. The van der Waals surface area contributed by atoms with E-state index in [2.05, 4.69) is 36.2 Å². The molecule has 40 heavy (non-hydrogen) atoms. The third-order valence-corrected chi connectivity index (χ3v) is 10.1. The summed E-state index contributed by atoms with van der Waals surface area (Å²) in [7, 11) is -2.02. The van der Waals surface area contributed by atoms with Crippen LogP contribution in [-0.4, -0.2) is 87.4 Å². The number of methoxy groups -OCH3 is 1. The summed E-state index contributed by atoms with van der Waals surface area (Å²) in [6, 6.07) is 11.7. The second kappa shape index (κ2) is 12.7. The van der Waals surface area contributed by atoms with Crippen LogP contribution in [0.15, 0.2) is 48.5 Å². The van der Waals surface area contributed by atoms with Crippen LogP contribution in [0.1, 0.15) is 54.9 Å². The molecule has 1 heterocycles. The van der Waals surface area contributed by atoms with Crippen LogP contribution in [0, 0.1) is 11.2 Å². The lowest BCUT2D eigenvalue weighted by molar-refractivity contribution is -0.134. The summed E-state index contributed by atoms with van der Waals surface area (Å²) in [5.74, 6) is -0.827. The van der Waals surface area contributed by atoms with Crippen molar-refractivity contribution in [3.63, 3.8) is 0 Å². The maximum absolute atomic E-state index is 13.4. The molecule has 4 rings (SSSR count). The van der Waals surface area contributed by atoms with Crippen molar-refractivity contribution in [2.24, 2.45) is 5.41 Å². The minimum Gasteiger partial charge on any atom is -0.497 e. The number of likely N-dealkylation sites (N-methyl/N-ethyl adjacent to an activating group) is 1. The van der Waals surface area contributed by atoms with Crippen molar-refractivity contribution in [2.75, 3.05) is 51.3 Å². The van der Waals surface area contributed by atoms with Crippen LogP contribution in [0.5, 0.6) is 5.75 Å². The number of sulfone groups is 1. The van der Waals surface area contributed by atoms with Gasteiger partial charge in [-0.2, -0.15) is 0 Å². The highest BCUT2D eigenvalue weighted by molar-refractivity contribution is 7.91. The predicted octanol–water partition coefficient (Wildman–Crippen LogP) is 3.49. The number of nitrogens with one attached hydrogen (secondary N) is 1. The lowest BCUT2D eigenvalue weighted by Gasteiger charge is -2.36. The number of halogens is 1. The Bertz CT molecular complexity index is 1280. The van der Waals surface area contributed by atoms with E-state index in [1.54, 1.807) is 12.0 Å². The lowest BCUT2D eigenvalue weighted by Crippen LogP contribution is -2.56. The second-order valence-electron chi connectivity index (χ2n) is 11.2. The first-order valence-corrected chi connectivity index (χ1v) is 15.8. The molecular weight excluding hydrogens is 533 g/mol. The minimum absolute atomic E-state index is 0.0368. The van der Waals surface area contributed by atoms with Gasteiger partial charge in [-0.05, 0) is 79.1 Å². The van der Waals surface area contributed by atoms with E-state index in [9.17, 15) is 22.4 Å². The Morgan fingerprint density at radius 1 is 1.07 bits per heavy atom. The SMILES string of the molecule is CCN1CCN(C(=O)[C@H](CS(=O)(=O)CCCC2(C)C[C@H]2c2ccc(OC)cc2)NC(=O)c2ccc(F)cc2)CC1. The quantitative estimate of drug-likeness (QED) is 0.418. The van der Waals surface area contributed by atoms with E-state index >= 15 is 0 Å². The minimum atomic E-state index is -3.65. The fraction of sp³-hybridized carbons (Fsp3) is 0.533. The topological polar surface area (TPSA) is 96.0 Å². The molecule has 2 amide bonds. The number of carbonyl (C=O) groups excluding carboxylic acids is 2. The van der Waals surface area contributed by atoms with E-state index in [0.29, 0.717) is 38.5 Å². The molecule has 3 atom stereocenters. The monoisotopic (exact) mass is 573 g/mol. The molecule has 2 aliphatic rings. The van der Waals surface area contributed by atoms with Crippen LogP contribution in [-0.2, 0) is 14.6 Å². The van der Waals surface area contributed by atoms with Gasteiger partial charge >= 0.3 is 0 Å². The molecule has 1 saturated carbocycles. The number of benzene rings is 2. The zero-order chi connectivity index (χ0) is 28.9. The molecule has 0 radical (unpaired) electrons. The average molecular weight is 574 g/mol. The van der Waals surface area contributed by atoms with Gasteiger partial charge in [0.1, 0.15) is 17.6 Å². The molecular formula is C30H40FN3O5S. The lowest BCUT2D eigenvalue weighted by atomic mass is 9.96. The summed E-state index contributed by atoms with van der Waals surface area (Å²) in [5.41, 5.74) is 1.43. The Labute approximate surface area is 236 Å². The maximum atomic E-state index is 13.4. The Balaban J connectivity index is 1.38. The van der Waals surface area contributed by atoms with E-state index < -0.39 is 39.3 Å². The third kappa shape index (κ3) is 7.60. The number of piperazine rings is 1. The molecule has 0 spiro atoms. The molecule has 2 fully saturated rings. The highest BCUT2D eigenvalue weighted by Gasteiger charge is 2.50. The number of amides is 2. The summed E-state index contributed by atoms with van der Waals surface area (Å²) in [5, 5.41) is 2.63. The standard InChI is InChI=1S/C30H40FN3O5S/c1-4-33-15-17-34(18-16-33)29(36)27(32-28(35)23-6-10-24(31)11-7-23)21-40(37,38)19-5-14-30(2)20-26(30)22-8-12-25(39-3)13-9-22/h6-13,26-27H,4-5,14-21H2,1-3H3,(H,32,35)/t26-,27-,30?/m0/s1. The van der Waals surface area contributed by atoms with E-state index in [1.807, 2.05) is 12.1 Å². The zero-order valence-corrected chi connectivity index (χ0v) is 24.4. The van der Waals surface area contributed by atoms with Gasteiger partial charge in [-0.3, -0.25) is 9.59 Å². The highest BCUT2D eigenvalue weighted by atomic mass is 32.2. The second-order valence-corrected chi connectivity index (χ2v) is 13.4. The van der Waals surface area contributed by atoms with E-state index in [-0.39, 0.29) is 16.7 Å². The molecule has 1 unspecified atom stereocenters. The van der Waals surface area contributed by atoms with Crippen LogP contribution in [0.3, 0.4) is 0 Å². The first-order valence-electron chi connectivity index (χ1n) is 14.0. The molecule has 10 heteroatoms. The third-order valence-electron chi connectivity index (χ3n) is 8.33. The molecule has 0 aromatic heterocycles.